The molecule has 0 saturated carbocycles. The first-order chi connectivity index (χ1) is 9.75. The Bertz CT molecular complexity index is 471. The Hall–Kier alpha value is -1.30. The van der Waals surface area contributed by atoms with Crippen molar-refractivity contribution in [3.05, 3.63) is 23.8 Å². The van der Waals surface area contributed by atoms with Crippen molar-refractivity contribution in [3.8, 4) is 11.5 Å². The monoisotopic (exact) mass is 279 g/mol. The lowest BCUT2D eigenvalue weighted by Crippen LogP contribution is -2.47. The Morgan fingerprint density at radius 3 is 2.50 bits per heavy atom. The maximum atomic E-state index is 6.47. The molecular weight excluding hydrogens is 258 g/mol. The van der Waals surface area contributed by atoms with Crippen molar-refractivity contribution in [1.29, 1.82) is 0 Å². The molecule has 5 heteroatoms. The molecule has 5 nitrogen and oxygen atoms in total. The molecule has 20 heavy (non-hydrogen) atoms. The molecule has 0 amide bonds. The minimum Gasteiger partial charge on any atom is -0.486 e. The Morgan fingerprint density at radius 1 is 1.10 bits per heavy atom. The van der Waals surface area contributed by atoms with Gasteiger partial charge in [-0.05, 0) is 17.7 Å². The van der Waals surface area contributed by atoms with E-state index in [0.717, 1.165) is 29.9 Å². The molecule has 0 aromatic heterocycles. The zero-order valence-corrected chi connectivity index (χ0v) is 11.8. The van der Waals surface area contributed by atoms with Gasteiger partial charge in [0, 0.05) is 33.2 Å². The number of fused-ring (bicyclic) bond motifs is 1. The summed E-state index contributed by atoms with van der Waals surface area (Å²) in [7, 11) is 1.73. The molecule has 0 radical (unpaired) electrons. The van der Waals surface area contributed by atoms with Gasteiger partial charge in [-0.3, -0.25) is 0 Å². The van der Waals surface area contributed by atoms with Gasteiger partial charge in [-0.2, -0.15) is 0 Å². The van der Waals surface area contributed by atoms with Gasteiger partial charge in [0.15, 0.2) is 11.5 Å². The first-order valence-corrected chi connectivity index (χ1v) is 7.03. The Labute approximate surface area is 118 Å². The largest absolute Gasteiger partial charge is 0.486 e. The SMILES string of the molecule is COC1(C(N)c2ccc3c(c2)OCCO3)CCOCC1. The highest BCUT2D eigenvalue weighted by Crippen LogP contribution is 2.39. The van der Waals surface area contributed by atoms with Gasteiger partial charge in [0.25, 0.3) is 0 Å². The van der Waals surface area contributed by atoms with Gasteiger partial charge in [-0.15, -0.1) is 0 Å². The smallest absolute Gasteiger partial charge is 0.161 e. The average Bonchev–Trinajstić information content (AvgIpc) is 2.54. The van der Waals surface area contributed by atoms with Gasteiger partial charge < -0.3 is 24.7 Å². The molecule has 0 aliphatic carbocycles. The number of benzene rings is 1. The molecule has 2 heterocycles. The predicted octanol–water partition coefficient (Wildman–Crippen LogP) is 1.65. The summed E-state index contributed by atoms with van der Waals surface area (Å²) in [6, 6.07) is 5.68. The van der Waals surface area contributed by atoms with E-state index in [0.29, 0.717) is 26.4 Å². The third-order valence-electron chi connectivity index (χ3n) is 4.24. The minimum absolute atomic E-state index is 0.202. The van der Waals surface area contributed by atoms with Gasteiger partial charge in [0.05, 0.1) is 11.6 Å². The normalized spacial score (nSPS) is 22.3. The van der Waals surface area contributed by atoms with Crippen molar-refractivity contribution in [2.24, 2.45) is 5.73 Å². The molecule has 1 fully saturated rings. The Morgan fingerprint density at radius 2 is 1.80 bits per heavy atom. The molecule has 3 rings (SSSR count). The predicted molar refractivity (Wildman–Crippen MR) is 74.2 cm³/mol. The summed E-state index contributed by atoms with van der Waals surface area (Å²) in [5, 5.41) is 0. The maximum absolute atomic E-state index is 6.47. The molecule has 0 bridgehead atoms. The van der Waals surface area contributed by atoms with E-state index in [9.17, 15) is 0 Å². The second-order valence-corrected chi connectivity index (χ2v) is 5.26. The molecular formula is C15H21NO4. The molecule has 0 spiro atoms. The van der Waals surface area contributed by atoms with Gasteiger partial charge in [0.1, 0.15) is 13.2 Å². The third kappa shape index (κ3) is 2.37. The number of hydrogen-bond acceptors (Lipinski definition) is 5. The fraction of sp³-hybridized carbons (Fsp3) is 0.600. The van der Waals surface area contributed by atoms with Gasteiger partial charge in [-0.1, -0.05) is 6.07 Å². The van der Waals surface area contributed by atoms with E-state index < -0.39 is 0 Å². The van der Waals surface area contributed by atoms with Gasteiger partial charge in [0.2, 0.25) is 0 Å². The quantitative estimate of drug-likeness (QED) is 0.911. The highest BCUT2D eigenvalue weighted by molar-refractivity contribution is 5.45. The fourth-order valence-corrected chi connectivity index (χ4v) is 2.92. The van der Waals surface area contributed by atoms with E-state index in [1.54, 1.807) is 7.11 Å². The molecule has 1 aromatic carbocycles. The number of rotatable bonds is 3. The van der Waals surface area contributed by atoms with Crippen LogP contribution < -0.4 is 15.2 Å². The minimum atomic E-state index is -0.359. The molecule has 2 aliphatic rings. The summed E-state index contributed by atoms with van der Waals surface area (Å²) >= 11 is 0. The van der Waals surface area contributed by atoms with Crippen molar-refractivity contribution in [3.63, 3.8) is 0 Å². The molecule has 2 aliphatic heterocycles. The van der Waals surface area contributed by atoms with Crippen LogP contribution in [0.25, 0.3) is 0 Å². The maximum Gasteiger partial charge on any atom is 0.161 e. The van der Waals surface area contributed by atoms with E-state index in [-0.39, 0.29) is 11.6 Å². The first kappa shape index (κ1) is 13.7. The van der Waals surface area contributed by atoms with Gasteiger partial charge >= 0.3 is 0 Å². The van der Waals surface area contributed by atoms with Crippen LogP contribution in [0.2, 0.25) is 0 Å². The van der Waals surface area contributed by atoms with Crippen LogP contribution in [0.15, 0.2) is 18.2 Å². The standard InChI is InChI=1S/C15H21NO4/c1-17-15(4-6-18-7-5-15)14(16)11-2-3-12-13(10-11)20-9-8-19-12/h2-3,10,14H,4-9,16H2,1H3. The second-order valence-electron chi connectivity index (χ2n) is 5.26. The summed E-state index contributed by atoms with van der Waals surface area (Å²) in [6.45, 7) is 2.55. The van der Waals surface area contributed by atoms with Crippen LogP contribution in [0.5, 0.6) is 11.5 Å². The molecule has 1 saturated heterocycles. The van der Waals surface area contributed by atoms with Gasteiger partial charge in [-0.25, -0.2) is 0 Å². The first-order valence-electron chi connectivity index (χ1n) is 7.03. The van der Waals surface area contributed by atoms with Crippen LogP contribution in [0.4, 0.5) is 0 Å². The van der Waals surface area contributed by atoms with Crippen molar-refractivity contribution in [2.45, 2.75) is 24.5 Å². The van der Waals surface area contributed by atoms with Crippen molar-refractivity contribution in [2.75, 3.05) is 33.5 Å². The Kier molecular flexibility index (Phi) is 3.83. The second kappa shape index (κ2) is 5.60. The van der Waals surface area contributed by atoms with Crippen molar-refractivity contribution >= 4 is 0 Å². The summed E-state index contributed by atoms with van der Waals surface area (Å²) in [5.74, 6) is 1.55. The summed E-state index contributed by atoms with van der Waals surface area (Å²) in [5.41, 5.74) is 7.12. The highest BCUT2D eigenvalue weighted by Gasteiger charge is 2.39. The van der Waals surface area contributed by atoms with E-state index in [1.807, 2.05) is 18.2 Å². The topological polar surface area (TPSA) is 62.9 Å². The van der Waals surface area contributed by atoms with Crippen molar-refractivity contribution < 1.29 is 18.9 Å². The number of methoxy groups -OCH3 is 1. The zero-order chi connectivity index (χ0) is 14.0. The summed E-state index contributed by atoms with van der Waals surface area (Å²) in [4.78, 5) is 0. The number of ether oxygens (including phenoxy) is 4. The lowest BCUT2D eigenvalue weighted by molar-refractivity contribution is -0.105. The molecule has 110 valence electrons. The van der Waals surface area contributed by atoms with E-state index in [4.69, 9.17) is 24.7 Å². The van der Waals surface area contributed by atoms with E-state index in [2.05, 4.69) is 0 Å². The zero-order valence-electron chi connectivity index (χ0n) is 11.8. The van der Waals surface area contributed by atoms with Crippen LogP contribution >= 0.6 is 0 Å². The fourth-order valence-electron chi connectivity index (χ4n) is 2.92. The van der Waals surface area contributed by atoms with Crippen LogP contribution in [0.1, 0.15) is 24.4 Å². The van der Waals surface area contributed by atoms with Crippen LogP contribution in [-0.4, -0.2) is 39.1 Å². The van der Waals surface area contributed by atoms with E-state index >= 15 is 0 Å². The van der Waals surface area contributed by atoms with E-state index in [1.165, 1.54) is 0 Å². The molecule has 1 atom stereocenters. The number of nitrogens with two attached hydrogens (primary N) is 1. The summed E-state index contributed by atoms with van der Waals surface area (Å²) < 4.78 is 22.3. The number of hydrogen-bond donors (Lipinski definition) is 1. The summed E-state index contributed by atoms with van der Waals surface area (Å²) in [6.07, 6.45) is 1.61. The van der Waals surface area contributed by atoms with Crippen LogP contribution in [0, 0.1) is 0 Å². The van der Waals surface area contributed by atoms with Crippen LogP contribution in [-0.2, 0) is 9.47 Å². The molecule has 1 aromatic rings. The molecule has 1 unspecified atom stereocenters. The average molecular weight is 279 g/mol. The highest BCUT2D eigenvalue weighted by atomic mass is 16.6. The third-order valence-corrected chi connectivity index (χ3v) is 4.24. The van der Waals surface area contributed by atoms with Crippen molar-refractivity contribution in [1.82, 2.24) is 0 Å². The Balaban J connectivity index is 1.87. The lowest BCUT2D eigenvalue weighted by Gasteiger charge is -2.40. The molecule has 2 N–H and O–H groups in total. The lowest BCUT2D eigenvalue weighted by atomic mass is 9.82. The van der Waals surface area contributed by atoms with Crippen LogP contribution in [0.3, 0.4) is 0 Å².